The van der Waals surface area contributed by atoms with Crippen molar-refractivity contribution in [2.75, 3.05) is 19.6 Å². The first-order valence-corrected chi connectivity index (χ1v) is 9.29. The van der Waals surface area contributed by atoms with E-state index in [1.165, 1.54) is 5.56 Å². The van der Waals surface area contributed by atoms with Crippen LogP contribution in [0.15, 0.2) is 48.8 Å². The van der Waals surface area contributed by atoms with Gasteiger partial charge in [0.05, 0.1) is 5.69 Å². The number of piperazine rings is 1. The summed E-state index contributed by atoms with van der Waals surface area (Å²) in [6.45, 7) is 6.87. The zero-order chi connectivity index (χ0) is 18.8. The number of aryl methyl sites for hydroxylation is 1. The molecule has 1 atom stereocenters. The molecular weight excluding hydrogens is 340 g/mol. The van der Waals surface area contributed by atoms with Gasteiger partial charge in [0.25, 0.3) is 5.91 Å². The van der Waals surface area contributed by atoms with Gasteiger partial charge in [-0.05, 0) is 43.7 Å². The molecule has 0 aliphatic carbocycles. The van der Waals surface area contributed by atoms with Crippen molar-refractivity contribution in [1.29, 1.82) is 0 Å². The number of aromatic nitrogens is 2. The zero-order valence-electron chi connectivity index (χ0n) is 15.7. The molecule has 0 saturated carbocycles. The van der Waals surface area contributed by atoms with E-state index in [9.17, 15) is 4.79 Å². The highest BCUT2D eigenvalue weighted by molar-refractivity contribution is 5.94. The van der Waals surface area contributed by atoms with E-state index >= 15 is 0 Å². The number of hydrogen-bond acceptors (Lipinski definition) is 4. The number of fused-ring (bicyclic) bond motifs is 1. The van der Waals surface area contributed by atoms with E-state index in [0.717, 1.165) is 31.0 Å². The van der Waals surface area contributed by atoms with Crippen LogP contribution in [0.25, 0.3) is 5.65 Å². The number of rotatable bonds is 4. The van der Waals surface area contributed by atoms with Crippen LogP contribution in [0.1, 0.15) is 28.5 Å². The maximum absolute atomic E-state index is 12.8. The fourth-order valence-electron chi connectivity index (χ4n) is 3.41. The Labute approximate surface area is 158 Å². The highest BCUT2D eigenvalue weighted by atomic mass is 16.5. The molecule has 6 heteroatoms. The Bertz CT molecular complexity index is 966. The predicted molar refractivity (Wildman–Crippen MR) is 104 cm³/mol. The molecule has 1 aliphatic heterocycles. The second-order valence-corrected chi connectivity index (χ2v) is 7.07. The first kappa shape index (κ1) is 17.5. The molecular formula is C21H24N4O2. The number of nitrogens with zero attached hydrogens (tertiary/aromatic N) is 3. The molecule has 1 fully saturated rings. The van der Waals surface area contributed by atoms with Gasteiger partial charge in [0.15, 0.2) is 0 Å². The number of carbonyl (C=O) groups is 1. The lowest BCUT2D eigenvalue weighted by molar-refractivity contribution is 0.0655. The van der Waals surface area contributed by atoms with E-state index in [-0.39, 0.29) is 11.9 Å². The number of pyridine rings is 1. The number of benzene rings is 1. The fourth-order valence-corrected chi connectivity index (χ4v) is 3.41. The SMILES string of the molecule is Cc1ccc2nc(COc3cccc(C(=O)N4CCNC[C@H]4C)c3)cn2c1. The third-order valence-electron chi connectivity index (χ3n) is 4.88. The third kappa shape index (κ3) is 3.80. The molecule has 1 N–H and O–H groups in total. The summed E-state index contributed by atoms with van der Waals surface area (Å²) < 4.78 is 7.90. The summed E-state index contributed by atoms with van der Waals surface area (Å²) in [4.78, 5) is 19.3. The Morgan fingerprint density at radius 1 is 1.30 bits per heavy atom. The summed E-state index contributed by atoms with van der Waals surface area (Å²) in [6.07, 6.45) is 4.01. The maximum Gasteiger partial charge on any atom is 0.254 e. The Morgan fingerprint density at radius 3 is 3.04 bits per heavy atom. The van der Waals surface area contributed by atoms with Crippen LogP contribution < -0.4 is 10.1 Å². The van der Waals surface area contributed by atoms with Crippen molar-refractivity contribution in [2.24, 2.45) is 0 Å². The predicted octanol–water partition coefficient (Wildman–Crippen LogP) is 2.66. The van der Waals surface area contributed by atoms with Crippen molar-refractivity contribution in [1.82, 2.24) is 19.6 Å². The number of nitrogens with one attached hydrogen (secondary N) is 1. The molecule has 4 rings (SSSR count). The minimum atomic E-state index is 0.0534. The molecule has 27 heavy (non-hydrogen) atoms. The Morgan fingerprint density at radius 2 is 2.19 bits per heavy atom. The van der Waals surface area contributed by atoms with Crippen molar-refractivity contribution < 1.29 is 9.53 Å². The monoisotopic (exact) mass is 364 g/mol. The second-order valence-electron chi connectivity index (χ2n) is 7.07. The van der Waals surface area contributed by atoms with E-state index < -0.39 is 0 Å². The van der Waals surface area contributed by atoms with Crippen molar-refractivity contribution in [3.63, 3.8) is 0 Å². The van der Waals surface area contributed by atoms with Crippen molar-refractivity contribution in [2.45, 2.75) is 26.5 Å². The molecule has 6 nitrogen and oxygen atoms in total. The molecule has 3 heterocycles. The highest BCUT2D eigenvalue weighted by Crippen LogP contribution is 2.18. The first-order chi connectivity index (χ1) is 13.1. The molecule has 0 radical (unpaired) electrons. The lowest BCUT2D eigenvalue weighted by Gasteiger charge is -2.34. The lowest BCUT2D eigenvalue weighted by atomic mass is 10.1. The van der Waals surface area contributed by atoms with Gasteiger partial charge in [0, 0.05) is 43.6 Å². The normalized spacial score (nSPS) is 17.3. The quantitative estimate of drug-likeness (QED) is 0.773. The van der Waals surface area contributed by atoms with Crippen LogP contribution in [0, 0.1) is 6.92 Å². The number of carbonyl (C=O) groups excluding carboxylic acids is 1. The largest absolute Gasteiger partial charge is 0.487 e. The van der Waals surface area contributed by atoms with Crippen LogP contribution in [0.3, 0.4) is 0 Å². The summed E-state index contributed by atoms with van der Waals surface area (Å²) in [5, 5.41) is 3.31. The van der Waals surface area contributed by atoms with Gasteiger partial charge in [-0.2, -0.15) is 0 Å². The first-order valence-electron chi connectivity index (χ1n) is 9.29. The van der Waals surface area contributed by atoms with Crippen molar-refractivity contribution in [3.8, 4) is 5.75 Å². The van der Waals surface area contributed by atoms with Crippen LogP contribution in [0.4, 0.5) is 0 Å². The van der Waals surface area contributed by atoms with Crippen molar-refractivity contribution >= 4 is 11.6 Å². The molecule has 0 spiro atoms. The maximum atomic E-state index is 12.8. The second kappa shape index (κ2) is 7.40. The van der Waals surface area contributed by atoms with E-state index in [1.54, 1.807) is 0 Å². The average Bonchev–Trinajstić information content (AvgIpc) is 3.08. The Kier molecular flexibility index (Phi) is 4.81. The highest BCUT2D eigenvalue weighted by Gasteiger charge is 2.24. The van der Waals surface area contributed by atoms with Gasteiger partial charge in [0.2, 0.25) is 0 Å². The summed E-state index contributed by atoms with van der Waals surface area (Å²) in [7, 11) is 0. The van der Waals surface area contributed by atoms with E-state index in [1.807, 2.05) is 58.1 Å². The van der Waals surface area contributed by atoms with Gasteiger partial charge in [-0.25, -0.2) is 4.98 Å². The molecule has 140 valence electrons. The molecule has 2 aromatic heterocycles. The average molecular weight is 364 g/mol. The third-order valence-corrected chi connectivity index (χ3v) is 4.88. The number of hydrogen-bond donors (Lipinski definition) is 1. The fraction of sp³-hybridized carbons (Fsp3) is 0.333. The zero-order valence-corrected chi connectivity index (χ0v) is 15.7. The molecule has 1 aliphatic rings. The Balaban J connectivity index is 1.46. The summed E-state index contributed by atoms with van der Waals surface area (Å²) in [6, 6.07) is 11.6. The van der Waals surface area contributed by atoms with Crippen LogP contribution in [0.5, 0.6) is 5.75 Å². The van der Waals surface area contributed by atoms with Gasteiger partial charge >= 0.3 is 0 Å². The smallest absolute Gasteiger partial charge is 0.254 e. The van der Waals surface area contributed by atoms with E-state index in [4.69, 9.17) is 4.74 Å². The van der Waals surface area contributed by atoms with Crippen LogP contribution >= 0.6 is 0 Å². The molecule has 0 bridgehead atoms. The molecule has 1 saturated heterocycles. The van der Waals surface area contributed by atoms with Crippen LogP contribution in [-0.2, 0) is 6.61 Å². The van der Waals surface area contributed by atoms with Gasteiger partial charge in [-0.3, -0.25) is 4.79 Å². The number of imidazole rings is 1. The standard InChI is InChI=1S/C21H24N4O2/c1-15-6-7-20-23-18(13-24(20)12-15)14-27-19-5-3-4-17(10-19)21(26)25-9-8-22-11-16(25)2/h3-7,10,12-13,16,22H,8-9,11,14H2,1-2H3/t16-/m1/s1. The van der Waals surface area contributed by atoms with Gasteiger partial charge < -0.3 is 19.4 Å². The molecule has 0 unspecified atom stereocenters. The van der Waals surface area contributed by atoms with Gasteiger partial charge in [-0.15, -0.1) is 0 Å². The lowest BCUT2D eigenvalue weighted by Crippen LogP contribution is -2.52. The van der Waals surface area contributed by atoms with Crippen molar-refractivity contribution in [3.05, 3.63) is 65.6 Å². The molecule has 3 aromatic rings. The van der Waals surface area contributed by atoms with Crippen LogP contribution in [0.2, 0.25) is 0 Å². The minimum Gasteiger partial charge on any atom is -0.487 e. The van der Waals surface area contributed by atoms with Crippen LogP contribution in [-0.4, -0.2) is 45.9 Å². The van der Waals surface area contributed by atoms with Gasteiger partial charge in [0.1, 0.15) is 18.0 Å². The summed E-state index contributed by atoms with van der Waals surface area (Å²) in [5.74, 6) is 0.731. The Hall–Kier alpha value is -2.86. The summed E-state index contributed by atoms with van der Waals surface area (Å²) >= 11 is 0. The van der Waals surface area contributed by atoms with E-state index in [0.29, 0.717) is 17.9 Å². The topological polar surface area (TPSA) is 58.9 Å². The van der Waals surface area contributed by atoms with Gasteiger partial charge in [-0.1, -0.05) is 12.1 Å². The number of ether oxygens (including phenoxy) is 1. The number of amides is 1. The molecule has 1 aromatic carbocycles. The minimum absolute atomic E-state index is 0.0534. The summed E-state index contributed by atoms with van der Waals surface area (Å²) in [5.41, 5.74) is 3.59. The molecule has 1 amide bonds. The van der Waals surface area contributed by atoms with E-state index in [2.05, 4.69) is 24.1 Å².